The highest BCUT2D eigenvalue weighted by atomic mass is 16.7. The van der Waals surface area contributed by atoms with E-state index in [9.17, 15) is 4.79 Å². The normalized spacial score (nSPS) is 23.7. The van der Waals surface area contributed by atoms with Crippen LogP contribution in [0.4, 0.5) is 0 Å². The number of rotatable bonds is 3. The van der Waals surface area contributed by atoms with Crippen molar-refractivity contribution < 1.29 is 14.3 Å². The number of ether oxygens (including phenoxy) is 2. The van der Waals surface area contributed by atoms with Crippen molar-refractivity contribution in [2.75, 3.05) is 26.3 Å². The number of nitrogens with zero attached hydrogens (tertiary/aromatic N) is 1. The van der Waals surface area contributed by atoms with Crippen molar-refractivity contribution in [3.8, 4) is 0 Å². The minimum Gasteiger partial charge on any atom is -0.350 e. The maximum absolute atomic E-state index is 13.0. The molecule has 22 heavy (non-hydrogen) atoms. The first kappa shape index (κ1) is 15.5. The molecule has 0 aromatic heterocycles. The molecule has 1 aromatic rings. The first-order chi connectivity index (χ1) is 10.6. The summed E-state index contributed by atoms with van der Waals surface area (Å²) in [6, 6.07) is 10.0. The first-order valence-corrected chi connectivity index (χ1v) is 8.17. The second-order valence-corrected chi connectivity index (χ2v) is 6.75. The number of carbonyl (C=O) groups excluding carboxylic acids is 1. The molecule has 0 bridgehead atoms. The van der Waals surface area contributed by atoms with E-state index in [0.29, 0.717) is 19.1 Å². The third kappa shape index (κ3) is 3.03. The zero-order chi connectivity index (χ0) is 15.6. The predicted octanol–water partition coefficient (Wildman–Crippen LogP) is 2.58. The van der Waals surface area contributed by atoms with E-state index in [1.807, 2.05) is 49.1 Å². The molecule has 2 heterocycles. The summed E-state index contributed by atoms with van der Waals surface area (Å²) in [5, 5.41) is 0. The van der Waals surface area contributed by atoms with Gasteiger partial charge in [0.2, 0.25) is 5.91 Å². The molecule has 1 unspecified atom stereocenters. The van der Waals surface area contributed by atoms with E-state index < -0.39 is 5.41 Å². The molecule has 2 saturated heterocycles. The molecule has 0 aliphatic carbocycles. The molecule has 1 atom stereocenters. The lowest BCUT2D eigenvalue weighted by atomic mass is 9.82. The van der Waals surface area contributed by atoms with Crippen LogP contribution in [0.5, 0.6) is 0 Å². The van der Waals surface area contributed by atoms with Gasteiger partial charge in [0.15, 0.2) is 6.29 Å². The summed E-state index contributed by atoms with van der Waals surface area (Å²) in [6.07, 6.45) is 1.96. The molecule has 0 saturated carbocycles. The largest absolute Gasteiger partial charge is 0.350 e. The van der Waals surface area contributed by atoms with E-state index >= 15 is 0 Å². The summed E-state index contributed by atoms with van der Waals surface area (Å²) in [6.45, 7) is 6.93. The molecule has 1 aromatic carbocycles. The standard InChI is InChI=1S/C18H25NO3/c1-18(2,15-8-4-3-5-9-15)17(20)19-10-6-7-14(13-19)16-21-11-12-22-16/h3-5,8-9,14,16H,6-7,10-13H2,1-2H3. The summed E-state index contributed by atoms with van der Waals surface area (Å²) in [4.78, 5) is 15.0. The van der Waals surface area contributed by atoms with Crippen molar-refractivity contribution in [3.05, 3.63) is 35.9 Å². The summed E-state index contributed by atoms with van der Waals surface area (Å²) < 4.78 is 11.3. The topological polar surface area (TPSA) is 38.8 Å². The Hall–Kier alpha value is -1.39. The van der Waals surface area contributed by atoms with E-state index in [1.165, 1.54) is 0 Å². The number of carbonyl (C=O) groups is 1. The van der Waals surface area contributed by atoms with Crippen molar-refractivity contribution in [2.24, 2.45) is 5.92 Å². The lowest BCUT2D eigenvalue weighted by molar-refractivity contribution is -0.144. The maximum Gasteiger partial charge on any atom is 0.232 e. The number of amides is 1. The number of benzene rings is 1. The molecule has 0 spiro atoms. The van der Waals surface area contributed by atoms with Gasteiger partial charge >= 0.3 is 0 Å². The summed E-state index contributed by atoms with van der Waals surface area (Å²) in [7, 11) is 0. The average molecular weight is 303 g/mol. The minimum atomic E-state index is -0.499. The fourth-order valence-electron chi connectivity index (χ4n) is 3.44. The van der Waals surface area contributed by atoms with Crippen LogP contribution >= 0.6 is 0 Å². The molecular weight excluding hydrogens is 278 g/mol. The number of hydrogen-bond acceptors (Lipinski definition) is 3. The lowest BCUT2D eigenvalue weighted by Gasteiger charge is -2.39. The average Bonchev–Trinajstić information content (AvgIpc) is 3.09. The quantitative estimate of drug-likeness (QED) is 0.861. The van der Waals surface area contributed by atoms with E-state index in [2.05, 4.69) is 0 Å². The van der Waals surface area contributed by atoms with Gasteiger partial charge in [0.25, 0.3) is 0 Å². The van der Waals surface area contributed by atoms with E-state index in [0.717, 1.165) is 31.5 Å². The van der Waals surface area contributed by atoms with Crippen LogP contribution in [-0.2, 0) is 19.7 Å². The molecule has 2 aliphatic rings. The Morgan fingerprint density at radius 3 is 2.55 bits per heavy atom. The molecule has 120 valence electrons. The lowest BCUT2D eigenvalue weighted by Crippen LogP contribution is -2.49. The van der Waals surface area contributed by atoms with Gasteiger partial charge in [-0.15, -0.1) is 0 Å². The zero-order valence-corrected chi connectivity index (χ0v) is 13.5. The Labute approximate surface area is 132 Å². The fraction of sp³-hybridized carbons (Fsp3) is 0.611. The molecule has 0 radical (unpaired) electrons. The van der Waals surface area contributed by atoms with Crippen LogP contribution < -0.4 is 0 Å². The van der Waals surface area contributed by atoms with Gasteiger partial charge in [0.1, 0.15) is 0 Å². The zero-order valence-electron chi connectivity index (χ0n) is 13.5. The Kier molecular flexibility index (Phi) is 4.50. The summed E-state index contributed by atoms with van der Waals surface area (Å²) in [5.74, 6) is 0.494. The van der Waals surface area contributed by atoms with E-state index in [4.69, 9.17) is 9.47 Å². The fourth-order valence-corrected chi connectivity index (χ4v) is 3.44. The highest BCUT2D eigenvalue weighted by Gasteiger charge is 2.38. The van der Waals surface area contributed by atoms with Crippen LogP contribution in [0.1, 0.15) is 32.3 Å². The van der Waals surface area contributed by atoms with Crippen LogP contribution in [0.3, 0.4) is 0 Å². The van der Waals surface area contributed by atoms with Crippen molar-refractivity contribution in [2.45, 2.75) is 38.4 Å². The Morgan fingerprint density at radius 2 is 1.86 bits per heavy atom. The minimum absolute atomic E-state index is 0.129. The van der Waals surface area contributed by atoms with Crippen LogP contribution in [0.2, 0.25) is 0 Å². The number of hydrogen-bond donors (Lipinski definition) is 0. The smallest absolute Gasteiger partial charge is 0.232 e. The van der Waals surface area contributed by atoms with Gasteiger partial charge in [-0.25, -0.2) is 0 Å². The molecule has 2 fully saturated rings. The second kappa shape index (κ2) is 6.39. The van der Waals surface area contributed by atoms with Gasteiger partial charge in [0, 0.05) is 19.0 Å². The Morgan fingerprint density at radius 1 is 1.18 bits per heavy atom. The molecule has 1 amide bonds. The second-order valence-electron chi connectivity index (χ2n) is 6.75. The monoisotopic (exact) mass is 303 g/mol. The van der Waals surface area contributed by atoms with E-state index in [-0.39, 0.29) is 12.2 Å². The molecule has 3 rings (SSSR count). The first-order valence-electron chi connectivity index (χ1n) is 8.17. The SMILES string of the molecule is CC(C)(C(=O)N1CCCC(C2OCCO2)C1)c1ccccc1. The number of piperidine rings is 1. The molecule has 2 aliphatic heterocycles. The van der Waals surface area contributed by atoms with Gasteiger partial charge in [-0.1, -0.05) is 30.3 Å². The van der Waals surface area contributed by atoms with Crippen molar-refractivity contribution >= 4 is 5.91 Å². The third-order valence-corrected chi connectivity index (χ3v) is 4.81. The molecular formula is C18H25NO3. The van der Waals surface area contributed by atoms with Gasteiger partial charge < -0.3 is 14.4 Å². The van der Waals surface area contributed by atoms with Crippen molar-refractivity contribution in [1.82, 2.24) is 4.90 Å². The molecule has 4 nitrogen and oxygen atoms in total. The van der Waals surface area contributed by atoms with Gasteiger partial charge in [-0.05, 0) is 32.3 Å². The van der Waals surface area contributed by atoms with Crippen molar-refractivity contribution in [1.29, 1.82) is 0 Å². The van der Waals surface area contributed by atoms with Crippen LogP contribution in [0.15, 0.2) is 30.3 Å². The predicted molar refractivity (Wildman–Crippen MR) is 84.5 cm³/mol. The third-order valence-electron chi connectivity index (χ3n) is 4.81. The molecule has 4 heteroatoms. The Bertz CT molecular complexity index is 508. The summed E-state index contributed by atoms with van der Waals surface area (Å²) in [5.41, 5.74) is 0.566. The van der Waals surface area contributed by atoms with E-state index in [1.54, 1.807) is 0 Å². The van der Waals surface area contributed by atoms with Crippen LogP contribution in [0.25, 0.3) is 0 Å². The Balaban J connectivity index is 1.71. The van der Waals surface area contributed by atoms with Crippen molar-refractivity contribution in [3.63, 3.8) is 0 Å². The summed E-state index contributed by atoms with van der Waals surface area (Å²) >= 11 is 0. The van der Waals surface area contributed by atoms with Crippen LogP contribution in [-0.4, -0.2) is 43.4 Å². The highest BCUT2D eigenvalue weighted by Crippen LogP contribution is 2.30. The van der Waals surface area contributed by atoms with Gasteiger partial charge in [0.05, 0.1) is 18.6 Å². The van der Waals surface area contributed by atoms with Gasteiger partial charge in [-0.3, -0.25) is 4.79 Å². The number of likely N-dealkylation sites (tertiary alicyclic amines) is 1. The van der Waals surface area contributed by atoms with Crippen LogP contribution in [0, 0.1) is 5.92 Å². The maximum atomic E-state index is 13.0. The molecule has 0 N–H and O–H groups in total. The highest BCUT2D eigenvalue weighted by molar-refractivity contribution is 5.87. The van der Waals surface area contributed by atoms with Gasteiger partial charge in [-0.2, -0.15) is 0 Å².